The van der Waals surface area contributed by atoms with E-state index < -0.39 is 12.1 Å². The molecule has 0 aliphatic carbocycles. The molecule has 0 saturated carbocycles. The first-order valence-corrected chi connectivity index (χ1v) is 7.87. The fourth-order valence-corrected chi connectivity index (χ4v) is 2.58. The van der Waals surface area contributed by atoms with E-state index in [1.807, 2.05) is 50.2 Å². The maximum Gasteiger partial charge on any atom is 0.322 e. The number of hydrogen-bond donors (Lipinski definition) is 2. The fraction of sp³-hybridized carbons (Fsp3) is 0.263. The molecule has 2 unspecified atom stereocenters. The molecule has 2 aromatic carbocycles. The Kier molecular flexibility index (Phi) is 5.94. The number of aliphatic hydroxyl groups excluding tert-OH is 1. The maximum atomic E-state index is 12.5. The Morgan fingerprint density at radius 3 is 2.58 bits per heavy atom. The van der Waals surface area contributed by atoms with Gasteiger partial charge in [0.2, 0.25) is 0 Å². The number of benzene rings is 2. The molecule has 0 fully saturated rings. The van der Waals surface area contributed by atoms with Crippen molar-refractivity contribution in [1.82, 2.24) is 4.90 Å². The van der Waals surface area contributed by atoms with Crippen LogP contribution in [-0.4, -0.2) is 28.6 Å². The van der Waals surface area contributed by atoms with Crippen LogP contribution in [0.3, 0.4) is 0 Å². The lowest BCUT2D eigenvalue weighted by Gasteiger charge is -2.31. The third-order valence-corrected chi connectivity index (χ3v) is 3.93. The Bertz CT molecular complexity index is 725. The number of carbonyl (C=O) groups excluding carboxylic acids is 1. The quantitative estimate of drug-likeness (QED) is 0.883. The summed E-state index contributed by atoms with van der Waals surface area (Å²) in [4.78, 5) is 14.1. The molecule has 2 aromatic rings. The number of nitrogens with zero attached hydrogens (tertiary/aromatic N) is 2. The second-order valence-corrected chi connectivity index (χ2v) is 5.50. The third kappa shape index (κ3) is 4.12. The zero-order valence-electron chi connectivity index (χ0n) is 13.8. The Balaban J connectivity index is 2.11. The first-order chi connectivity index (χ1) is 11.6. The summed E-state index contributed by atoms with van der Waals surface area (Å²) in [5.74, 6) is 0. The minimum atomic E-state index is -0.776. The van der Waals surface area contributed by atoms with Crippen molar-refractivity contribution >= 4 is 11.7 Å². The van der Waals surface area contributed by atoms with Crippen molar-refractivity contribution in [1.29, 1.82) is 5.26 Å². The van der Waals surface area contributed by atoms with Crippen molar-refractivity contribution in [3.8, 4) is 6.07 Å². The van der Waals surface area contributed by atoms with E-state index in [2.05, 4.69) is 5.32 Å². The topological polar surface area (TPSA) is 76.4 Å². The zero-order chi connectivity index (χ0) is 17.5. The molecule has 24 heavy (non-hydrogen) atoms. The molecule has 124 valence electrons. The van der Waals surface area contributed by atoms with E-state index in [-0.39, 0.29) is 6.03 Å². The Hall–Kier alpha value is -2.84. The summed E-state index contributed by atoms with van der Waals surface area (Å²) in [6.07, 6.45) is -0.776. The summed E-state index contributed by atoms with van der Waals surface area (Å²) >= 11 is 0. The van der Waals surface area contributed by atoms with Crippen LogP contribution >= 0.6 is 0 Å². The largest absolute Gasteiger partial charge is 0.386 e. The molecule has 0 aliphatic heterocycles. The zero-order valence-corrected chi connectivity index (χ0v) is 13.8. The van der Waals surface area contributed by atoms with Gasteiger partial charge in [-0.15, -0.1) is 0 Å². The predicted molar refractivity (Wildman–Crippen MR) is 93.4 cm³/mol. The Morgan fingerprint density at radius 2 is 1.96 bits per heavy atom. The molecular weight excluding hydrogens is 302 g/mol. The highest BCUT2D eigenvalue weighted by atomic mass is 16.3. The van der Waals surface area contributed by atoms with Gasteiger partial charge in [-0.25, -0.2) is 4.79 Å². The molecule has 0 spiro atoms. The van der Waals surface area contributed by atoms with E-state index in [9.17, 15) is 9.90 Å². The number of anilines is 1. The number of hydrogen-bond acceptors (Lipinski definition) is 3. The number of nitrogens with one attached hydrogen (secondary N) is 1. The van der Waals surface area contributed by atoms with Gasteiger partial charge >= 0.3 is 6.03 Å². The number of carbonyl (C=O) groups is 1. The molecule has 0 aromatic heterocycles. The van der Waals surface area contributed by atoms with Gasteiger partial charge in [0.1, 0.15) is 0 Å². The third-order valence-electron chi connectivity index (χ3n) is 3.93. The van der Waals surface area contributed by atoms with Crippen molar-refractivity contribution < 1.29 is 9.90 Å². The number of nitriles is 1. The molecule has 5 heteroatoms. The van der Waals surface area contributed by atoms with Crippen molar-refractivity contribution in [3.63, 3.8) is 0 Å². The summed E-state index contributed by atoms with van der Waals surface area (Å²) in [5.41, 5.74) is 1.80. The van der Waals surface area contributed by atoms with Crippen molar-refractivity contribution in [2.45, 2.75) is 26.0 Å². The summed E-state index contributed by atoms with van der Waals surface area (Å²) in [6.45, 7) is 4.13. The first-order valence-electron chi connectivity index (χ1n) is 7.87. The highest BCUT2D eigenvalue weighted by Crippen LogP contribution is 2.21. The van der Waals surface area contributed by atoms with Crippen LogP contribution < -0.4 is 5.32 Å². The van der Waals surface area contributed by atoms with Crippen LogP contribution in [0.15, 0.2) is 54.6 Å². The molecule has 2 atom stereocenters. The van der Waals surface area contributed by atoms with Gasteiger partial charge in [-0.3, -0.25) is 0 Å². The Labute approximate surface area is 142 Å². The average molecular weight is 323 g/mol. The van der Waals surface area contributed by atoms with Gasteiger partial charge in [-0.05, 0) is 37.6 Å². The van der Waals surface area contributed by atoms with E-state index in [0.717, 1.165) is 5.56 Å². The van der Waals surface area contributed by atoms with Crippen LogP contribution in [0.4, 0.5) is 10.5 Å². The van der Waals surface area contributed by atoms with Crippen LogP contribution in [0.5, 0.6) is 0 Å². The van der Waals surface area contributed by atoms with Gasteiger partial charge in [-0.1, -0.05) is 36.4 Å². The molecule has 2 amide bonds. The lowest BCUT2D eigenvalue weighted by molar-refractivity contribution is 0.0804. The van der Waals surface area contributed by atoms with Crippen molar-refractivity contribution in [3.05, 3.63) is 65.7 Å². The highest BCUT2D eigenvalue weighted by molar-refractivity contribution is 5.89. The average Bonchev–Trinajstić information content (AvgIpc) is 2.62. The van der Waals surface area contributed by atoms with E-state index in [0.29, 0.717) is 17.8 Å². The normalized spacial score (nSPS) is 12.8. The summed E-state index contributed by atoms with van der Waals surface area (Å²) in [7, 11) is 0. The standard InChI is InChI=1S/C19H21N3O2/c1-3-22(14(2)18(23)16-9-5-4-6-10-16)19(24)21-17-11-7-8-15(12-17)13-20/h4-12,14,18,23H,3H2,1-2H3,(H,21,24). The second-order valence-electron chi connectivity index (χ2n) is 5.50. The minimum absolute atomic E-state index is 0.310. The van der Waals surface area contributed by atoms with Crippen molar-refractivity contribution in [2.75, 3.05) is 11.9 Å². The van der Waals surface area contributed by atoms with Gasteiger partial charge in [0.25, 0.3) is 0 Å². The van der Waals surface area contributed by atoms with Gasteiger partial charge in [-0.2, -0.15) is 5.26 Å². The highest BCUT2D eigenvalue weighted by Gasteiger charge is 2.26. The molecular formula is C19H21N3O2. The molecule has 0 radical (unpaired) electrons. The Morgan fingerprint density at radius 1 is 1.25 bits per heavy atom. The van der Waals surface area contributed by atoms with Crippen LogP contribution in [0, 0.1) is 11.3 Å². The molecule has 5 nitrogen and oxygen atoms in total. The van der Waals surface area contributed by atoms with Gasteiger partial charge < -0.3 is 15.3 Å². The van der Waals surface area contributed by atoms with E-state index in [1.165, 1.54) is 0 Å². The van der Waals surface area contributed by atoms with E-state index in [1.54, 1.807) is 29.2 Å². The second kappa shape index (κ2) is 8.14. The van der Waals surface area contributed by atoms with E-state index in [4.69, 9.17) is 5.26 Å². The van der Waals surface area contributed by atoms with Gasteiger partial charge in [0, 0.05) is 12.2 Å². The van der Waals surface area contributed by atoms with E-state index >= 15 is 0 Å². The fourth-order valence-electron chi connectivity index (χ4n) is 2.58. The molecule has 2 N–H and O–H groups in total. The predicted octanol–water partition coefficient (Wildman–Crippen LogP) is 3.53. The number of likely N-dealkylation sites (N-methyl/N-ethyl adjacent to an activating group) is 1. The number of aliphatic hydroxyl groups is 1. The number of rotatable bonds is 5. The van der Waals surface area contributed by atoms with Gasteiger partial charge in [0.05, 0.1) is 23.8 Å². The summed E-state index contributed by atoms with van der Waals surface area (Å²) < 4.78 is 0. The lowest BCUT2D eigenvalue weighted by Crippen LogP contribution is -2.44. The molecule has 0 saturated heterocycles. The number of amides is 2. The molecule has 0 bridgehead atoms. The number of urea groups is 1. The van der Waals surface area contributed by atoms with Crippen LogP contribution in [0.25, 0.3) is 0 Å². The van der Waals surface area contributed by atoms with Gasteiger partial charge in [0.15, 0.2) is 0 Å². The molecule has 0 aliphatic rings. The molecule has 0 heterocycles. The van der Waals surface area contributed by atoms with Crippen LogP contribution in [0.2, 0.25) is 0 Å². The molecule has 2 rings (SSSR count). The lowest BCUT2D eigenvalue weighted by atomic mass is 10.0. The first kappa shape index (κ1) is 17.5. The summed E-state index contributed by atoms with van der Waals surface area (Å²) in [5, 5.41) is 22.2. The van der Waals surface area contributed by atoms with Crippen LogP contribution in [0.1, 0.15) is 31.1 Å². The summed E-state index contributed by atoms with van der Waals surface area (Å²) in [6, 6.07) is 17.3. The monoisotopic (exact) mass is 323 g/mol. The maximum absolute atomic E-state index is 12.5. The van der Waals surface area contributed by atoms with Crippen molar-refractivity contribution in [2.24, 2.45) is 0 Å². The SMILES string of the molecule is CCN(C(=O)Nc1cccc(C#N)c1)C(C)C(O)c1ccccc1. The van der Waals surface area contributed by atoms with Crippen LogP contribution in [-0.2, 0) is 0 Å². The smallest absolute Gasteiger partial charge is 0.322 e. The minimum Gasteiger partial charge on any atom is -0.386 e.